The minimum atomic E-state index is -1.47. The predicted molar refractivity (Wildman–Crippen MR) is 71.3 cm³/mol. The SMILES string of the molecule is C=CC1C(C(=O)OC)C(CCCCCC)OS1=O. The van der Waals surface area contributed by atoms with E-state index in [9.17, 15) is 9.00 Å². The van der Waals surface area contributed by atoms with Crippen LogP contribution in [0.25, 0.3) is 0 Å². The van der Waals surface area contributed by atoms with Crippen molar-refractivity contribution in [2.24, 2.45) is 5.92 Å². The van der Waals surface area contributed by atoms with E-state index in [4.69, 9.17) is 8.92 Å². The molecule has 4 nitrogen and oxygen atoms in total. The molecule has 4 unspecified atom stereocenters. The van der Waals surface area contributed by atoms with E-state index in [1.165, 1.54) is 19.6 Å². The Labute approximate surface area is 111 Å². The third-order valence-corrected chi connectivity index (χ3v) is 4.61. The van der Waals surface area contributed by atoms with E-state index in [0.29, 0.717) is 0 Å². The van der Waals surface area contributed by atoms with E-state index >= 15 is 0 Å². The topological polar surface area (TPSA) is 52.6 Å². The molecule has 5 heteroatoms. The van der Waals surface area contributed by atoms with Gasteiger partial charge in [-0.25, -0.2) is 4.21 Å². The zero-order chi connectivity index (χ0) is 13.5. The molecule has 0 N–H and O–H groups in total. The summed E-state index contributed by atoms with van der Waals surface area (Å²) >= 11 is -1.47. The van der Waals surface area contributed by atoms with Crippen molar-refractivity contribution in [2.45, 2.75) is 50.4 Å². The molecule has 0 bridgehead atoms. The van der Waals surface area contributed by atoms with Crippen LogP contribution in [0, 0.1) is 5.92 Å². The number of carbonyl (C=O) groups excluding carboxylic acids is 1. The van der Waals surface area contributed by atoms with Crippen LogP contribution >= 0.6 is 0 Å². The van der Waals surface area contributed by atoms with Gasteiger partial charge in [-0.05, 0) is 6.42 Å². The molecule has 1 saturated heterocycles. The molecule has 104 valence electrons. The first kappa shape index (κ1) is 15.4. The Hall–Kier alpha value is -0.680. The number of hydrogen-bond donors (Lipinski definition) is 0. The van der Waals surface area contributed by atoms with Crippen LogP contribution in [0.5, 0.6) is 0 Å². The van der Waals surface area contributed by atoms with Gasteiger partial charge in [0.1, 0.15) is 5.92 Å². The maximum Gasteiger partial charge on any atom is 0.313 e. The fourth-order valence-corrected chi connectivity index (χ4v) is 3.49. The van der Waals surface area contributed by atoms with Gasteiger partial charge in [0.05, 0.1) is 18.5 Å². The Balaban J connectivity index is 2.61. The Morgan fingerprint density at radius 1 is 1.44 bits per heavy atom. The summed E-state index contributed by atoms with van der Waals surface area (Å²) in [5, 5.41) is -0.450. The van der Waals surface area contributed by atoms with Crippen molar-refractivity contribution in [2.75, 3.05) is 7.11 Å². The van der Waals surface area contributed by atoms with Gasteiger partial charge in [0, 0.05) is 0 Å². The highest BCUT2D eigenvalue weighted by Crippen LogP contribution is 2.32. The number of esters is 1. The monoisotopic (exact) mass is 274 g/mol. The number of rotatable bonds is 7. The Bertz CT molecular complexity index is 316. The number of methoxy groups -OCH3 is 1. The quantitative estimate of drug-likeness (QED) is 0.406. The number of unbranched alkanes of at least 4 members (excludes halogenated alkanes) is 3. The van der Waals surface area contributed by atoms with Crippen molar-refractivity contribution in [1.82, 2.24) is 0 Å². The summed E-state index contributed by atoms with van der Waals surface area (Å²) in [6.45, 7) is 5.77. The molecular weight excluding hydrogens is 252 g/mol. The van der Waals surface area contributed by atoms with Crippen molar-refractivity contribution < 1.29 is 17.9 Å². The molecule has 0 aliphatic carbocycles. The standard InChI is InChI=1S/C13H22O4S/c1-4-6-7-8-9-10-12(13(14)16-3)11(5-2)18(15)17-10/h5,10-12H,2,4,6-9H2,1,3H3. The van der Waals surface area contributed by atoms with Crippen LogP contribution < -0.4 is 0 Å². The van der Waals surface area contributed by atoms with Gasteiger partial charge in [-0.1, -0.05) is 38.7 Å². The summed E-state index contributed by atoms with van der Waals surface area (Å²) in [5.74, 6) is -0.832. The van der Waals surface area contributed by atoms with E-state index in [2.05, 4.69) is 13.5 Å². The summed E-state index contributed by atoms with van der Waals surface area (Å²) in [5.41, 5.74) is 0. The molecule has 1 aliphatic rings. The van der Waals surface area contributed by atoms with Crippen molar-refractivity contribution in [1.29, 1.82) is 0 Å². The lowest BCUT2D eigenvalue weighted by Gasteiger charge is -2.16. The smallest absolute Gasteiger partial charge is 0.313 e. The van der Waals surface area contributed by atoms with Crippen LogP contribution in [0.3, 0.4) is 0 Å². The summed E-state index contributed by atoms with van der Waals surface area (Å²) in [6.07, 6.45) is 6.39. The van der Waals surface area contributed by atoms with E-state index in [1.54, 1.807) is 0 Å². The van der Waals surface area contributed by atoms with Crippen LogP contribution in [-0.4, -0.2) is 28.6 Å². The number of ether oxygens (including phenoxy) is 1. The van der Waals surface area contributed by atoms with Crippen molar-refractivity contribution in [3.8, 4) is 0 Å². The molecule has 0 aromatic carbocycles. The summed E-state index contributed by atoms with van der Waals surface area (Å²) < 4.78 is 21.9. The third-order valence-electron chi connectivity index (χ3n) is 3.24. The van der Waals surface area contributed by atoms with E-state index in [1.807, 2.05) is 0 Å². The molecule has 1 heterocycles. The Morgan fingerprint density at radius 2 is 2.17 bits per heavy atom. The minimum absolute atomic E-state index is 0.307. The van der Waals surface area contributed by atoms with E-state index in [0.717, 1.165) is 25.7 Å². The first-order valence-electron chi connectivity index (χ1n) is 6.43. The molecule has 0 spiro atoms. The first-order chi connectivity index (χ1) is 8.65. The van der Waals surface area contributed by atoms with Crippen molar-refractivity contribution in [3.05, 3.63) is 12.7 Å². The number of carbonyl (C=O) groups is 1. The lowest BCUT2D eigenvalue weighted by molar-refractivity contribution is -0.147. The highest BCUT2D eigenvalue weighted by atomic mass is 32.2. The second kappa shape index (κ2) is 7.69. The zero-order valence-electron chi connectivity index (χ0n) is 11.1. The van der Waals surface area contributed by atoms with Gasteiger partial charge >= 0.3 is 5.97 Å². The van der Waals surface area contributed by atoms with Gasteiger partial charge in [-0.15, -0.1) is 6.58 Å². The van der Waals surface area contributed by atoms with Gasteiger partial charge < -0.3 is 4.74 Å². The number of hydrogen-bond acceptors (Lipinski definition) is 4. The summed E-state index contributed by atoms with van der Waals surface area (Å²) in [7, 11) is 1.35. The molecule has 1 rings (SSSR count). The lowest BCUT2D eigenvalue weighted by Crippen LogP contribution is -2.32. The fraction of sp³-hybridized carbons (Fsp3) is 0.769. The zero-order valence-corrected chi connectivity index (χ0v) is 11.9. The van der Waals surface area contributed by atoms with Crippen LogP contribution in [0.4, 0.5) is 0 Å². The van der Waals surface area contributed by atoms with E-state index in [-0.39, 0.29) is 12.1 Å². The molecule has 0 saturated carbocycles. The van der Waals surface area contributed by atoms with Gasteiger partial charge in [-0.3, -0.25) is 8.98 Å². The van der Waals surface area contributed by atoms with Crippen LogP contribution in [-0.2, 0) is 24.8 Å². The third kappa shape index (κ3) is 3.65. The molecule has 0 aromatic rings. The average molecular weight is 274 g/mol. The normalized spacial score (nSPS) is 31.2. The summed E-state index contributed by atoms with van der Waals surface area (Å²) in [4.78, 5) is 11.7. The van der Waals surface area contributed by atoms with E-state index < -0.39 is 22.2 Å². The molecule has 0 radical (unpaired) electrons. The van der Waals surface area contributed by atoms with Crippen molar-refractivity contribution >= 4 is 17.0 Å². The van der Waals surface area contributed by atoms with Crippen molar-refractivity contribution in [3.63, 3.8) is 0 Å². The Morgan fingerprint density at radius 3 is 2.72 bits per heavy atom. The van der Waals surface area contributed by atoms with Crippen LogP contribution in [0.15, 0.2) is 12.7 Å². The largest absolute Gasteiger partial charge is 0.469 e. The van der Waals surface area contributed by atoms with Gasteiger partial charge in [0.15, 0.2) is 11.1 Å². The highest BCUT2D eigenvalue weighted by molar-refractivity contribution is 7.81. The Kier molecular flexibility index (Phi) is 6.57. The molecule has 18 heavy (non-hydrogen) atoms. The average Bonchev–Trinajstić information content (AvgIpc) is 2.69. The van der Waals surface area contributed by atoms with Crippen LogP contribution in [0.2, 0.25) is 0 Å². The van der Waals surface area contributed by atoms with Gasteiger partial charge in [0.2, 0.25) is 0 Å². The fourth-order valence-electron chi connectivity index (χ4n) is 2.22. The lowest BCUT2D eigenvalue weighted by atomic mass is 9.94. The highest BCUT2D eigenvalue weighted by Gasteiger charge is 2.46. The molecular formula is C13H22O4S. The predicted octanol–water partition coefficient (Wildman–Crippen LogP) is 2.36. The molecule has 1 aliphatic heterocycles. The van der Waals surface area contributed by atoms with Gasteiger partial charge in [0.25, 0.3) is 0 Å². The maximum atomic E-state index is 11.7. The second-order valence-electron chi connectivity index (χ2n) is 4.49. The molecule has 0 aromatic heterocycles. The molecule has 0 amide bonds. The summed E-state index contributed by atoms with van der Waals surface area (Å²) in [6, 6.07) is 0. The minimum Gasteiger partial charge on any atom is -0.469 e. The van der Waals surface area contributed by atoms with Gasteiger partial charge in [-0.2, -0.15) is 0 Å². The molecule has 4 atom stereocenters. The van der Waals surface area contributed by atoms with Crippen LogP contribution in [0.1, 0.15) is 39.0 Å². The molecule has 1 fully saturated rings. The second-order valence-corrected chi connectivity index (χ2v) is 5.75. The first-order valence-corrected chi connectivity index (χ1v) is 7.57. The maximum absolute atomic E-state index is 11.7.